The molecule has 0 amide bonds. The van der Waals surface area contributed by atoms with Crippen molar-refractivity contribution in [1.29, 1.82) is 0 Å². The van der Waals surface area contributed by atoms with Gasteiger partial charge in [0.2, 0.25) is 5.78 Å². The fourth-order valence-electron chi connectivity index (χ4n) is 5.04. The maximum atomic E-state index is 11.7. The normalized spacial score (nSPS) is 16.5. The number of nitrogens with two attached hydrogens (primary N) is 3. The fourth-order valence-corrected chi connectivity index (χ4v) is 5.50. The molecule has 8 nitrogen and oxygen atoms in total. The molecule has 3 aliphatic rings. The standard InChI is InChI=1S/C17H18ClN3O.C10H14N2.C7H8ClNO.CH4.ClH/c1-11-10-14(16(19)15(18)17(11)22)20-12-4-6-13(7-5-12)21-8-2-3-9-21;11-9-3-5-10(6-4-9)12-7-1-2-8-12;1-4-2-3-5(9)6(8)7(4)10;;/h4-7,10H,2-3,8-9,19H2,1H3;3-6H,1-2,7-8,11H2;2-3,10H,9H2,1H3;1H4;1H. The van der Waals surface area contributed by atoms with Gasteiger partial charge in [-0.2, -0.15) is 0 Å². The summed E-state index contributed by atoms with van der Waals surface area (Å²) < 4.78 is 0. The van der Waals surface area contributed by atoms with Crippen LogP contribution < -0.4 is 27.0 Å². The van der Waals surface area contributed by atoms with Gasteiger partial charge < -0.3 is 32.1 Å². The summed E-state index contributed by atoms with van der Waals surface area (Å²) in [5, 5.41) is 9.46. The predicted molar refractivity (Wildman–Crippen MR) is 199 cm³/mol. The number of halogens is 3. The van der Waals surface area contributed by atoms with Crippen molar-refractivity contribution in [1.82, 2.24) is 0 Å². The number of aliphatic imine (C=N–C) groups is 1. The third-order valence-electron chi connectivity index (χ3n) is 7.71. The molecule has 6 rings (SSSR count). The number of ketones is 1. The second-order valence-corrected chi connectivity index (χ2v) is 11.8. The Morgan fingerprint density at radius 1 is 0.761 bits per heavy atom. The Morgan fingerprint density at radius 2 is 1.24 bits per heavy atom. The number of nitrogens with zero attached hydrogens (tertiary/aromatic N) is 3. The first-order chi connectivity index (χ1) is 21.0. The first-order valence-electron chi connectivity index (χ1n) is 14.7. The molecule has 2 heterocycles. The third-order valence-corrected chi connectivity index (χ3v) is 8.48. The van der Waals surface area contributed by atoms with Gasteiger partial charge in [-0.1, -0.05) is 36.7 Å². The molecule has 0 aromatic heterocycles. The SMILES string of the molecule is C.CC1=CC(=Nc2ccc(N3CCCC3)cc2)C(N)=C(Cl)C1=O.Cc1ccc(N)c(Cl)c1O.Cl.Nc1ccc(N2CCCC2)cc1. The minimum absolute atomic E-state index is 0. The van der Waals surface area contributed by atoms with Gasteiger partial charge >= 0.3 is 0 Å². The van der Waals surface area contributed by atoms with Crippen LogP contribution in [0.4, 0.5) is 28.4 Å². The molecule has 0 atom stereocenters. The van der Waals surface area contributed by atoms with Crippen molar-refractivity contribution >= 4 is 75.5 Å². The largest absolute Gasteiger partial charge is 0.506 e. The van der Waals surface area contributed by atoms with E-state index in [-0.39, 0.29) is 47.1 Å². The van der Waals surface area contributed by atoms with Crippen molar-refractivity contribution in [2.75, 3.05) is 47.4 Å². The van der Waals surface area contributed by atoms with E-state index >= 15 is 0 Å². The minimum Gasteiger partial charge on any atom is -0.506 e. The van der Waals surface area contributed by atoms with Crippen LogP contribution in [-0.2, 0) is 4.79 Å². The van der Waals surface area contributed by atoms with Gasteiger partial charge in [0.15, 0.2) is 0 Å². The summed E-state index contributed by atoms with van der Waals surface area (Å²) in [6.07, 6.45) is 6.83. The molecule has 2 fully saturated rings. The summed E-state index contributed by atoms with van der Waals surface area (Å²) in [6, 6.07) is 19.6. The van der Waals surface area contributed by atoms with Gasteiger partial charge in [-0.15, -0.1) is 12.4 Å². The van der Waals surface area contributed by atoms with Crippen LogP contribution in [0.3, 0.4) is 0 Å². The van der Waals surface area contributed by atoms with Gasteiger partial charge in [0.25, 0.3) is 0 Å². The van der Waals surface area contributed by atoms with E-state index in [1.165, 1.54) is 50.1 Å². The highest BCUT2D eigenvalue weighted by atomic mass is 35.5. The highest BCUT2D eigenvalue weighted by Gasteiger charge is 2.22. The number of hydrogen-bond donors (Lipinski definition) is 4. The first kappa shape index (κ1) is 38.3. The number of carbonyl (C=O) groups is 1. The molecular weight excluding hydrogens is 643 g/mol. The van der Waals surface area contributed by atoms with Gasteiger partial charge in [0.05, 0.1) is 22.8 Å². The lowest BCUT2D eigenvalue weighted by Gasteiger charge is -2.17. The van der Waals surface area contributed by atoms with Crippen molar-refractivity contribution in [3.05, 3.63) is 93.6 Å². The van der Waals surface area contributed by atoms with Gasteiger partial charge in [-0.3, -0.25) is 4.79 Å². The van der Waals surface area contributed by atoms with E-state index in [2.05, 4.69) is 39.1 Å². The second kappa shape index (κ2) is 17.7. The number of hydrogen-bond acceptors (Lipinski definition) is 8. The number of carbonyl (C=O) groups excluding carboxylic acids is 1. The zero-order chi connectivity index (χ0) is 31.8. The lowest BCUT2D eigenvalue weighted by atomic mass is 10.0. The Kier molecular flexibility index (Phi) is 14.8. The van der Waals surface area contributed by atoms with E-state index in [9.17, 15) is 9.90 Å². The molecule has 2 saturated heterocycles. The smallest absolute Gasteiger partial charge is 0.202 e. The fraction of sp³-hybridized carbons (Fsp3) is 0.314. The number of anilines is 4. The van der Waals surface area contributed by atoms with E-state index in [0.29, 0.717) is 17.0 Å². The minimum atomic E-state index is -0.234. The molecule has 3 aromatic carbocycles. The van der Waals surface area contributed by atoms with E-state index in [0.717, 1.165) is 30.0 Å². The van der Waals surface area contributed by atoms with Crippen LogP contribution in [0.5, 0.6) is 5.75 Å². The molecule has 1 aliphatic carbocycles. The highest BCUT2D eigenvalue weighted by molar-refractivity contribution is 6.49. The third kappa shape index (κ3) is 9.82. The van der Waals surface area contributed by atoms with Crippen LogP contribution in [0.1, 0.15) is 45.6 Å². The molecule has 0 bridgehead atoms. The van der Waals surface area contributed by atoms with Crippen molar-refractivity contribution in [2.24, 2.45) is 10.7 Å². The molecule has 248 valence electrons. The van der Waals surface area contributed by atoms with Crippen LogP contribution in [0.2, 0.25) is 5.02 Å². The first-order valence-corrected chi connectivity index (χ1v) is 15.5. The maximum Gasteiger partial charge on any atom is 0.202 e. The second-order valence-electron chi connectivity index (χ2n) is 11.0. The molecule has 11 heteroatoms. The van der Waals surface area contributed by atoms with Crippen LogP contribution in [0, 0.1) is 6.92 Å². The van der Waals surface area contributed by atoms with Gasteiger partial charge in [-0.25, -0.2) is 4.99 Å². The molecule has 0 unspecified atom stereocenters. The van der Waals surface area contributed by atoms with Crippen LogP contribution in [-0.4, -0.2) is 42.8 Å². The highest BCUT2D eigenvalue weighted by Crippen LogP contribution is 2.31. The Balaban J connectivity index is 0.000000260. The summed E-state index contributed by atoms with van der Waals surface area (Å²) in [5.74, 6) is -0.163. The van der Waals surface area contributed by atoms with Crippen LogP contribution in [0.15, 0.2) is 88.0 Å². The average molecular weight is 688 g/mol. The average Bonchev–Trinajstić information content (AvgIpc) is 3.77. The summed E-state index contributed by atoms with van der Waals surface area (Å²) in [4.78, 5) is 21.0. The predicted octanol–water partition coefficient (Wildman–Crippen LogP) is 8.16. The number of benzene rings is 3. The summed E-state index contributed by atoms with van der Waals surface area (Å²) in [7, 11) is 0. The van der Waals surface area contributed by atoms with Crippen LogP contribution in [0.25, 0.3) is 0 Å². The van der Waals surface area contributed by atoms with Crippen LogP contribution >= 0.6 is 35.6 Å². The van der Waals surface area contributed by atoms with E-state index in [1.54, 1.807) is 32.1 Å². The quantitative estimate of drug-likeness (QED) is 0.161. The number of nitrogen functional groups attached to an aromatic ring is 2. The lowest BCUT2D eigenvalue weighted by Crippen LogP contribution is -2.20. The molecule has 0 saturated carbocycles. The Morgan fingerprint density at radius 3 is 1.72 bits per heavy atom. The van der Waals surface area contributed by atoms with Gasteiger partial charge in [0.1, 0.15) is 15.8 Å². The summed E-state index contributed by atoms with van der Waals surface area (Å²) in [6.45, 7) is 8.10. The summed E-state index contributed by atoms with van der Waals surface area (Å²) in [5.41, 5.74) is 23.5. The van der Waals surface area contributed by atoms with E-state index in [1.807, 2.05) is 24.3 Å². The Labute approximate surface area is 289 Å². The molecule has 2 aliphatic heterocycles. The summed E-state index contributed by atoms with van der Waals surface area (Å²) >= 11 is 11.6. The van der Waals surface area contributed by atoms with Crippen molar-refractivity contribution < 1.29 is 9.90 Å². The number of aromatic hydroxyl groups is 1. The number of Topliss-reactive ketones (excluding diaryl/α,β-unsaturated/α-hetero) is 1. The molecule has 7 N–H and O–H groups in total. The zero-order valence-corrected chi connectivity index (χ0v) is 27.9. The number of phenolic OH excluding ortho intramolecular Hbond substituents is 1. The molecule has 46 heavy (non-hydrogen) atoms. The zero-order valence-electron chi connectivity index (χ0n) is 25.6. The number of rotatable bonds is 3. The lowest BCUT2D eigenvalue weighted by molar-refractivity contribution is -0.111. The molecule has 0 radical (unpaired) electrons. The number of aryl methyl sites for hydroxylation is 1. The monoisotopic (exact) mass is 686 g/mol. The van der Waals surface area contributed by atoms with Gasteiger partial charge in [-0.05, 0) is 106 Å². The van der Waals surface area contributed by atoms with E-state index in [4.69, 9.17) is 40.4 Å². The maximum absolute atomic E-state index is 11.7. The topological polar surface area (TPSA) is 134 Å². The molecule has 0 spiro atoms. The Hall–Kier alpha value is -3.85. The Bertz CT molecular complexity index is 1530. The van der Waals surface area contributed by atoms with Crippen molar-refractivity contribution in [3.8, 4) is 5.75 Å². The number of phenols is 1. The van der Waals surface area contributed by atoms with E-state index < -0.39 is 0 Å². The number of allylic oxidation sites excluding steroid dienone is 3. The van der Waals surface area contributed by atoms with Crippen molar-refractivity contribution in [2.45, 2.75) is 47.0 Å². The molecule has 3 aromatic rings. The van der Waals surface area contributed by atoms with Gasteiger partial charge in [0, 0.05) is 48.8 Å². The molecular formula is C35H45Cl3N6O2. The van der Waals surface area contributed by atoms with Crippen molar-refractivity contribution in [3.63, 3.8) is 0 Å².